The lowest BCUT2D eigenvalue weighted by atomic mass is 10.0. The number of carboxylic acids is 1. The van der Waals surface area contributed by atoms with E-state index in [2.05, 4.69) is 15.6 Å². The smallest absolute Gasteiger partial charge is 0.475 e. The van der Waals surface area contributed by atoms with Gasteiger partial charge < -0.3 is 21.5 Å². The van der Waals surface area contributed by atoms with Gasteiger partial charge in [-0.25, -0.2) is 4.79 Å². The molecule has 0 aliphatic heterocycles. The molecule has 0 spiro atoms. The molecule has 196 valence electrons. The van der Waals surface area contributed by atoms with Crippen LogP contribution in [0.15, 0.2) is 36.5 Å². The van der Waals surface area contributed by atoms with Gasteiger partial charge in [0, 0.05) is 5.02 Å². The Morgan fingerprint density at radius 3 is 2.11 bits per heavy atom. The Morgan fingerprint density at radius 2 is 1.69 bits per heavy atom. The highest BCUT2D eigenvalue weighted by Crippen LogP contribution is 2.46. The van der Waals surface area contributed by atoms with Crippen LogP contribution in [0, 0.1) is 5.41 Å². The molecule has 8 nitrogen and oxygen atoms in total. The normalized spacial score (nSPS) is 15.1. The van der Waals surface area contributed by atoms with Crippen LogP contribution in [0.5, 0.6) is 0 Å². The SMILES string of the molecule is CC(NC(=O)C1(C(N)=O)CC1)c1ccc(Nc2ccc(Cl)cc2C(F)(F)F)cn1.O=C(O)C(F)(F)F. The van der Waals surface area contributed by atoms with Crippen molar-refractivity contribution in [3.63, 3.8) is 0 Å². The van der Waals surface area contributed by atoms with Crippen LogP contribution >= 0.6 is 11.6 Å². The maximum atomic E-state index is 13.2. The van der Waals surface area contributed by atoms with Crippen molar-refractivity contribution in [3.05, 3.63) is 52.8 Å². The summed E-state index contributed by atoms with van der Waals surface area (Å²) in [6, 6.07) is 6.04. The molecule has 1 aromatic heterocycles. The van der Waals surface area contributed by atoms with Gasteiger partial charge in [0.1, 0.15) is 5.41 Å². The maximum Gasteiger partial charge on any atom is 0.490 e. The number of hydrogen-bond acceptors (Lipinski definition) is 5. The molecule has 1 heterocycles. The highest BCUT2D eigenvalue weighted by Gasteiger charge is 2.55. The van der Waals surface area contributed by atoms with Crippen molar-refractivity contribution in [3.8, 4) is 0 Å². The molecule has 1 aliphatic rings. The molecule has 36 heavy (non-hydrogen) atoms. The number of carbonyl (C=O) groups excluding carboxylic acids is 2. The van der Waals surface area contributed by atoms with E-state index >= 15 is 0 Å². The molecule has 0 saturated heterocycles. The lowest BCUT2D eigenvalue weighted by molar-refractivity contribution is -0.192. The number of carbonyl (C=O) groups is 3. The number of nitrogens with two attached hydrogens (primary N) is 1. The number of carboxylic acid groups (broad SMARTS) is 1. The van der Waals surface area contributed by atoms with E-state index in [1.807, 2.05) is 0 Å². The summed E-state index contributed by atoms with van der Waals surface area (Å²) in [5.74, 6) is -3.86. The van der Waals surface area contributed by atoms with Crippen LogP contribution in [-0.4, -0.2) is 34.1 Å². The zero-order chi connectivity index (χ0) is 27.5. The maximum absolute atomic E-state index is 13.2. The van der Waals surface area contributed by atoms with Crippen LogP contribution in [-0.2, 0) is 20.6 Å². The van der Waals surface area contributed by atoms with Crippen molar-refractivity contribution >= 4 is 40.8 Å². The molecule has 2 amide bonds. The molecule has 5 N–H and O–H groups in total. The molecule has 3 rings (SSSR count). The fraction of sp³-hybridized carbons (Fsp3) is 0.333. The van der Waals surface area contributed by atoms with Gasteiger partial charge in [0.25, 0.3) is 0 Å². The largest absolute Gasteiger partial charge is 0.490 e. The standard InChI is InChI=1S/C19H18ClF3N4O2.C2HF3O2/c1-10(26-17(29)18(6-7-18)16(24)28)14-5-3-12(9-25-14)27-15-4-2-11(20)8-13(15)19(21,22)23;3-2(4,5)1(6)7/h2-5,8-10,27H,6-7H2,1H3,(H2,24,28)(H,26,29);(H,6,7). The quantitative estimate of drug-likeness (QED) is 0.313. The molecule has 1 aliphatic carbocycles. The van der Waals surface area contributed by atoms with E-state index in [4.69, 9.17) is 27.2 Å². The number of aliphatic carboxylic acids is 1. The molecular weight excluding hydrogens is 522 g/mol. The third-order valence-electron chi connectivity index (χ3n) is 5.04. The average molecular weight is 541 g/mol. The van der Waals surface area contributed by atoms with Gasteiger partial charge in [-0.05, 0) is 50.1 Å². The summed E-state index contributed by atoms with van der Waals surface area (Å²) in [4.78, 5) is 36.8. The van der Waals surface area contributed by atoms with E-state index in [-0.39, 0.29) is 10.7 Å². The van der Waals surface area contributed by atoms with Crippen LogP contribution in [0.3, 0.4) is 0 Å². The number of anilines is 2. The van der Waals surface area contributed by atoms with Gasteiger partial charge in [-0.3, -0.25) is 14.6 Å². The van der Waals surface area contributed by atoms with Gasteiger partial charge in [0.05, 0.1) is 34.9 Å². The van der Waals surface area contributed by atoms with Crippen LogP contribution in [0.1, 0.15) is 37.1 Å². The number of hydrogen-bond donors (Lipinski definition) is 4. The summed E-state index contributed by atoms with van der Waals surface area (Å²) in [5.41, 5.74) is 3.90. The topological polar surface area (TPSA) is 134 Å². The first-order valence-electron chi connectivity index (χ1n) is 9.98. The third kappa shape index (κ3) is 7.23. The molecule has 1 fully saturated rings. The lowest BCUT2D eigenvalue weighted by Gasteiger charge is -2.18. The van der Waals surface area contributed by atoms with E-state index < -0.39 is 47.2 Å². The van der Waals surface area contributed by atoms with Gasteiger partial charge in [0.15, 0.2) is 0 Å². The summed E-state index contributed by atoms with van der Waals surface area (Å²) < 4.78 is 71.3. The Balaban J connectivity index is 0.000000572. The van der Waals surface area contributed by atoms with Crippen LogP contribution in [0.2, 0.25) is 5.02 Å². The number of pyridine rings is 1. The fourth-order valence-electron chi connectivity index (χ4n) is 2.87. The van der Waals surface area contributed by atoms with Gasteiger partial charge in [0.2, 0.25) is 11.8 Å². The van der Waals surface area contributed by atoms with E-state index in [1.54, 1.807) is 19.1 Å². The molecule has 1 saturated carbocycles. The third-order valence-corrected chi connectivity index (χ3v) is 5.28. The Labute approximate surface area is 204 Å². The van der Waals surface area contributed by atoms with Crippen molar-refractivity contribution < 1.29 is 45.8 Å². The highest BCUT2D eigenvalue weighted by atomic mass is 35.5. The Bertz CT molecular complexity index is 1130. The second kappa shape index (κ2) is 10.6. The molecule has 0 radical (unpaired) electrons. The number of halogens is 7. The number of benzene rings is 1. The predicted molar refractivity (Wildman–Crippen MR) is 115 cm³/mol. The van der Waals surface area contributed by atoms with E-state index in [9.17, 15) is 35.9 Å². The van der Waals surface area contributed by atoms with Crippen molar-refractivity contribution in [2.24, 2.45) is 11.1 Å². The number of aromatic nitrogens is 1. The molecular formula is C21H19ClF6N4O4. The Morgan fingerprint density at radius 1 is 1.11 bits per heavy atom. The second-order valence-corrected chi connectivity index (χ2v) is 8.17. The van der Waals surface area contributed by atoms with Crippen molar-refractivity contribution in [1.82, 2.24) is 10.3 Å². The van der Waals surface area contributed by atoms with Crippen LogP contribution in [0.4, 0.5) is 37.7 Å². The molecule has 1 unspecified atom stereocenters. The first-order valence-corrected chi connectivity index (χ1v) is 10.4. The van der Waals surface area contributed by atoms with E-state index in [0.29, 0.717) is 24.2 Å². The number of amides is 2. The minimum atomic E-state index is -5.08. The molecule has 1 aromatic carbocycles. The molecule has 0 bridgehead atoms. The molecule has 15 heteroatoms. The first kappa shape index (κ1) is 28.7. The lowest BCUT2D eigenvalue weighted by Crippen LogP contribution is -2.41. The number of primary amides is 1. The Kier molecular flexibility index (Phi) is 8.45. The van der Waals surface area contributed by atoms with E-state index in [0.717, 1.165) is 6.07 Å². The average Bonchev–Trinajstić information content (AvgIpc) is 3.57. The van der Waals surface area contributed by atoms with Crippen LogP contribution < -0.4 is 16.4 Å². The zero-order valence-corrected chi connectivity index (χ0v) is 19.1. The Hall–Kier alpha value is -3.55. The summed E-state index contributed by atoms with van der Waals surface area (Å²) in [6.07, 6.45) is -7.47. The molecule has 2 aromatic rings. The van der Waals surface area contributed by atoms with E-state index in [1.165, 1.54) is 18.3 Å². The summed E-state index contributed by atoms with van der Waals surface area (Å²) in [7, 11) is 0. The molecule has 1 atom stereocenters. The summed E-state index contributed by atoms with van der Waals surface area (Å²) >= 11 is 5.68. The first-order chi connectivity index (χ1) is 16.5. The minimum Gasteiger partial charge on any atom is -0.475 e. The van der Waals surface area contributed by atoms with Crippen molar-refractivity contribution in [2.45, 2.75) is 38.2 Å². The number of rotatable bonds is 6. The summed E-state index contributed by atoms with van der Waals surface area (Å²) in [5, 5.41) is 12.5. The van der Waals surface area contributed by atoms with Gasteiger partial charge in [-0.1, -0.05) is 11.6 Å². The van der Waals surface area contributed by atoms with Crippen molar-refractivity contribution in [2.75, 3.05) is 5.32 Å². The number of nitrogens with one attached hydrogen (secondary N) is 2. The fourth-order valence-corrected chi connectivity index (χ4v) is 3.04. The van der Waals surface area contributed by atoms with Gasteiger partial charge in [-0.2, -0.15) is 26.3 Å². The minimum absolute atomic E-state index is 0.0229. The van der Waals surface area contributed by atoms with Gasteiger partial charge >= 0.3 is 18.3 Å². The zero-order valence-electron chi connectivity index (χ0n) is 18.3. The number of nitrogens with zero attached hydrogens (tertiary/aromatic N) is 1. The highest BCUT2D eigenvalue weighted by molar-refractivity contribution is 6.30. The number of alkyl halides is 6. The monoisotopic (exact) mass is 540 g/mol. The second-order valence-electron chi connectivity index (χ2n) is 7.73. The van der Waals surface area contributed by atoms with Crippen LogP contribution in [0.25, 0.3) is 0 Å². The van der Waals surface area contributed by atoms with Gasteiger partial charge in [-0.15, -0.1) is 0 Å². The predicted octanol–water partition coefficient (Wildman–Crippen LogP) is 4.57. The summed E-state index contributed by atoms with van der Waals surface area (Å²) in [6.45, 7) is 1.69. The van der Waals surface area contributed by atoms with Crippen molar-refractivity contribution in [1.29, 1.82) is 0 Å².